The summed E-state index contributed by atoms with van der Waals surface area (Å²) in [4.78, 5) is 6.67. The molecule has 1 aromatic rings. The molecule has 0 radical (unpaired) electrons. The Hall–Kier alpha value is -0.990. The van der Waals surface area contributed by atoms with Crippen molar-refractivity contribution in [2.24, 2.45) is 0 Å². The second kappa shape index (κ2) is 6.25. The summed E-state index contributed by atoms with van der Waals surface area (Å²) in [5.41, 5.74) is -0.143. The Morgan fingerprint density at radius 1 is 1.23 bits per heavy atom. The molecule has 8 heteroatoms. The van der Waals surface area contributed by atoms with Crippen molar-refractivity contribution in [3.8, 4) is 0 Å². The van der Waals surface area contributed by atoms with Crippen molar-refractivity contribution in [3.05, 3.63) is 11.7 Å². The lowest BCUT2D eigenvalue weighted by Crippen LogP contribution is -2.49. The zero-order chi connectivity index (χ0) is 16.5. The van der Waals surface area contributed by atoms with E-state index in [9.17, 15) is 8.42 Å². The summed E-state index contributed by atoms with van der Waals surface area (Å²) in [5, 5.41) is 4.05. The van der Waals surface area contributed by atoms with Crippen molar-refractivity contribution in [1.82, 2.24) is 19.3 Å². The number of hydrogen-bond acceptors (Lipinski definition) is 6. The van der Waals surface area contributed by atoms with Crippen LogP contribution in [0.3, 0.4) is 0 Å². The van der Waals surface area contributed by atoms with Gasteiger partial charge in [-0.05, 0) is 13.8 Å². The molecule has 7 nitrogen and oxygen atoms in total. The Labute approximate surface area is 132 Å². The molecule has 0 aliphatic carbocycles. The SMILES string of the molecule is CCS(=O)(=O)N1CCN(C(C)c2nc(C(C)(C)C)no2)CC1. The van der Waals surface area contributed by atoms with Crippen LogP contribution in [0.15, 0.2) is 4.52 Å². The normalized spacial score (nSPS) is 20.2. The molecule has 0 bridgehead atoms. The molecule has 1 fully saturated rings. The number of sulfonamides is 1. The molecule has 1 unspecified atom stereocenters. The van der Waals surface area contributed by atoms with Crippen molar-refractivity contribution in [2.45, 2.75) is 46.1 Å². The van der Waals surface area contributed by atoms with Crippen LogP contribution in [0.1, 0.15) is 52.4 Å². The van der Waals surface area contributed by atoms with Crippen molar-refractivity contribution in [3.63, 3.8) is 0 Å². The van der Waals surface area contributed by atoms with Gasteiger partial charge < -0.3 is 4.52 Å². The summed E-state index contributed by atoms with van der Waals surface area (Å²) in [6.07, 6.45) is 0. The average molecular weight is 330 g/mol. The van der Waals surface area contributed by atoms with Gasteiger partial charge in [-0.25, -0.2) is 8.42 Å². The predicted molar refractivity (Wildman–Crippen MR) is 84.0 cm³/mol. The highest BCUT2D eigenvalue weighted by Crippen LogP contribution is 2.24. The summed E-state index contributed by atoms with van der Waals surface area (Å²) < 4.78 is 30.7. The molecule has 1 aliphatic heterocycles. The van der Waals surface area contributed by atoms with Crippen molar-refractivity contribution in [2.75, 3.05) is 31.9 Å². The summed E-state index contributed by atoms with van der Waals surface area (Å²) in [6.45, 7) is 12.2. The topological polar surface area (TPSA) is 79.5 Å². The zero-order valence-electron chi connectivity index (χ0n) is 14.0. The standard InChI is InChI=1S/C14H26N4O3S/c1-6-22(19,20)18-9-7-17(8-10-18)11(2)12-15-13(16-21-12)14(3,4)5/h11H,6-10H2,1-5H3. The molecule has 0 amide bonds. The highest BCUT2D eigenvalue weighted by Gasteiger charge is 2.31. The number of nitrogens with zero attached hydrogens (tertiary/aromatic N) is 4. The Kier molecular flexibility index (Phi) is 4.93. The first-order valence-electron chi connectivity index (χ1n) is 7.71. The molecule has 0 N–H and O–H groups in total. The molecule has 0 spiro atoms. The maximum Gasteiger partial charge on any atom is 0.243 e. The minimum Gasteiger partial charge on any atom is -0.338 e. The van der Waals surface area contributed by atoms with Gasteiger partial charge in [-0.15, -0.1) is 0 Å². The average Bonchev–Trinajstić information content (AvgIpc) is 2.96. The Bertz CT molecular complexity index is 598. The van der Waals surface area contributed by atoms with Crippen molar-refractivity contribution >= 4 is 10.0 Å². The third kappa shape index (κ3) is 3.67. The van der Waals surface area contributed by atoms with E-state index in [0.717, 1.165) is 0 Å². The Balaban J connectivity index is 2.01. The highest BCUT2D eigenvalue weighted by atomic mass is 32.2. The van der Waals surface area contributed by atoms with Gasteiger partial charge in [-0.1, -0.05) is 25.9 Å². The van der Waals surface area contributed by atoms with Crippen LogP contribution in [0.4, 0.5) is 0 Å². The third-order valence-electron chi connectivity index (χ3n) is 4.05. The van der Waals surface area contributed by atoms with E-state index in [1.807, 2.05) is 27.7 Å². The molecule has 0 saturated carbocycles. The van der Waals surface area contributed by atoms with Crippen LogP contribution in [-0.2, 0) is 15.4 Å². The fraction of sp³-hybridized carbons (Fsp3) is 0.857. The van der Waals surface area contributed by atoms with Gasteiger partial charge >= 0.3 is 0 Å². The zero-order valence-corrected chi connectivity index (χ0v) is 14.9. The Morgan fingerprint density at radius 2 is 1.82 bits per heavy atom. The largest absolute Gasteiger partial charge is 0.338 e. The monoisotopic (exact) mass is 330 g/mol. The maximum absolute atomic E-state index is 11.9. The first kappa shape index (κ1) is 17.4. The lowest BCUT2D eigenvalue weighted by atomic mass is 9.96. The number of aromatic nitrogens is 2. The Morgan fingerprint density at radius 3 is 2.27 bits per heavy atom. The van der Waals surface area contributed by atoms with Gasteiger partial charge in [-0.3, -0.25) is 4.90 Å². The molecule has 2 heterocycles. The van der Waals surface area contributed by atoms with E-state index < -0.39 is 10.0 Å². The molecule has 1 aliphatic rings. The van der Waals surface area contributed by atoms with Gasteiger partial charge in [0.15, 0.2) is 5.82 Å². The lowest BCUT2D eigenvalue weighted by Gasteiger charge is -2.35. The number of piperazine rings is 1. The van der Waals surface area contributed by atoms with Crippen molar-refractivity contribution < 1.29 is 12.9 Å². The molecular formula is C14H26N4O3S. The smallest absolute Gasteiger partial charge is 0.243 e. The summed E-state index contributed by atoms with van der Waals surface area (Å²) in [7, 11) is -3.09. The third-order valence-corrected chi connectivity index (χ3v) is 5.93. The molecule has 0 aromatic carbocycles. The summed E-state index contributed by atoms with van der Waals surface area (Å²) >= 11 is 0. The van der Waals surface area contributed by atoms with E-state index in [0.29, 0.717) is 37.9 Å². The van der Waals surface area contributed by atoms with Gasteiger partial charge in [0.1, 0.15) is 0 Å². The molecule has 1 saturated heterocycles. The van der Waals surface area contributed by atoms with E-state index in [4.69, 9.17) is 4.52 Å². The molecule has 126 valence electrons. The van der Waals surface area contributed by atoms with Gasteiger partial charge in [0.2, 0.25) is 15.9 Å². The molecular weight excluding hydrogens is 304 g/mol. The van der Waals surface area contributed by atoms with Crippen LogP contribution in [0.2, 0.25) is 0 Å². The molecule has 2 rings (SSSR count). The predicted octanol–water partition coefficient (Wildman–Crippen LogP) is 1.40. The molecule has 1 atom stereocenters. The van der Waals surface area contributed by atoms with E-state index in [-0.39, 0.29) is 17.2 Å². The quantitative estimate of drug-likeness (QED) is 0.830. The van der Waals surface area contributed by atoms with Gasteiger partial charge in [0.25, 0.3) is 0 Å². The van der Waals surface area contributed by atoms with E-state index >= 15 is 0 Å². The van der Waals surface area contributed by atoms with Crippen LogP contribution in [0, 0.1) is 0 Å². The first-order valence-corrected chi connectivity index (χ1v) is 9.32. The second-order valence-electron chi connectivity index (χ2n) is 6.72. The second-order valence-corrected chi connectivity index (χ2v) is 8.98. The van der Waals surface area contributed by atoms with E-state index in [1.165, 1.54) is 0 Å². The van der Waals surface area contributed by atoms with E-state index in [1.54, 1.807) is 11.2 Å². The van der Waals surface area contributed by atoms with Crippen LogP contribution >= 0.6 is 0 Å². The van der Waals surface area contributed by atoms with Gasteiger partial charge in [-0.2, -0.15) is 9.29 Å². The first-order chi connectivity index (χ1) is 10.1. The van der Waals surface area contributed by atoms with Crippen LogP contribution in [-0.4, -0.2) is 59.7 Å². The van der Waals surface area contributed by atoms with Gasteiger partial charge in [0.05, 0.1) is 11.8 Å². The summed E-state index contributed by atoms with van der Waals surface area (Å²) in [5.74, 6) is 1.44. The highest BCUT2D eigenvalue weighted by molar-refractivity contribution is 7.89. The minimum atomic E-state index is -3.09. The number of rotatable bonds is 4. The summed E-state index contributed by atoms with van der Waals surface area (Å²) in [6, 6.07) is -0.00455. The van der Waals surface area contributed by atoms with E-state index in [2.05, 4.69) is 15.0 Å². The molecule has 1 aromatic heterocycles. The lowest BCUT2D eigenvalue weighted by molar-refractivity contribution is 0.124. The van der Waals surface area contributed by atoms with Crippen LogP contribution < -0.4 is 0 Å². The number of hydrogen-bond donors (Lipinski definition) is 0. The fourth-order valence-electron chi connectivity index (χ4n) is 2.42. The minimum absolute atomic E-state index is 0.00455. The van der Waals surface area contributed by atoms with Crippen LogP contribution in [0.25, 0.3) is 0 Å². The van der Waals surface area contributed by atoms with Crippen molar-refractivity contribution in [1.29, 1.82) is 0 Å². The fourth-order valence-corrected chi connectivity index (χ4v) is 3.50. The van der Waals surface area contributed by atoms with Crippen LogP contribution in [0.5, 0.6) is 0 Å². The van der Waals surface area contributed by atoms with Gasteiger partial charge in [0, 0.05) is 31.6 Å². The molecule has 22 heavy (non-hydrogen) atoms. The maximum atomic E-state index is 11.9.